The molecule has 16 heavy (non-hydrogen) atoms. The Morgan fingerprint density at radius 2 is 2.31 bits per heavy atom. The van der Waals surface area contributed by atoms with Crippen molar-refractivity contribution in [3.63, 3.8) is 0 Å². The summed E-state index contributed by atoms with van der Waals surface area (Å²) in [6.07, 6.45) is 0. The molecule has 86 valence electrons. The highest BCUT2D eigenvalue weighted by Crippen LogP contribution is 2.34. The number of hydrogen-bond acceptors (Lipinski definition) is 3. The smallest absolute Gasteiger partial charge is 0.0683 e. The van der Waals surface area contributed by atoms with Gasteiger partial charge < -0.3 is 5.32 Å². The Hall–Kier alpha value is -0.650. The molecule has 5 heteroatoms. The van der Waals surface area contributed by atoms with Crippen LogP contribution in [0.2, 0.25) is 0 Å². The molecule has 0 bridgehead atoms. The normalized spacial score (nSPS) is 11.0. The zero-order valence-corrected chi connectivity index (χ0v) is 11.9. The van der Waals surface area contributed by atoms with Crippen molar-refractivity contribution in [1.82, 2.24) is 15.1 Å². The van der Waals surface area contributed by atoms with E-state index in [0.717, 1.165) is 16.7 Å². The second-order valence-electron chi connectivity index (χ2n) is 3.69. The molecular formula is C11H14BrN3S. The molecule has 2 heterocycles. The van der Waals surface area contributed by atoms with E-state index >= 15 is 0 Å². The summed E-state index contributed by atoms with van der Waals surface area (Å²) in [5.74, 6) is 0. The van der Waals surface area contributed by atoms with Crippen LogP contribution in [0.3, 0.4) is 0 Å². The van der Waals surface area contributed by atoms with Gasteiger partial charge in [-0.15, -0.1) is 11.3 Å². The van der Waals surface area contributed by atoms with E-state index in [0.29, 0.717) is 0 Å². The number of rotatable bonds is 3. The molecule has 3 nitrogen and oxygen atoms in total. The van der Waals surface area contributed by atoms with Crippen LogP contribution >= 0.6 is 27.3 Å². The van der Waals surface area contributed by atoms with Crippen LogP contribution in [0.25, 0.3) is 10.4 Å². The third-order valence-electron chi connectivity index (χ3n) is 2.50. The van der Waals surface area contributed by atoms with Crippen LogP contribution in [0.1, 0.15) is 11.4 Å². The van der Waals surface area contributed by atoms with Gasteiger partial charge >= 0.3 is 0 Å². The largest absolute Gasteiger partial charge is 0.314 e. The summed E-state index contributed by atoms with van der Waals surface area (Å²) in [5.41, 5.74) is 3.57. The second-order valence-corrected chi connectivity index (χ2v) is 5.52. The van der Waals surface area contributed by atoms with Crippen molar-refractivity contribution in [2.75, 3.05) is 7.05 Å². The quantitative estimate of drug-likeness (QED) is 0.944. The molecule has 0 fully saturated rings. The van der Waals surface area contributed by atoms with Crippen LogP contribution in [0.4, 0.5) is 0 Å². The van der Waals surface area contributed by atoms with Crippen LogP contribution in [0, 0.1) is 6.92 Å². The second kappa shape index (κ2) is 4.69. The Balaban J connectivity index is 2.54. The Morgan fingerprint density at radius 3 is 2.88 bits per heavy atom. The average molecular weight is 300 g/mol. The molecule has 0 atom stereocenters. The predicted octanol–water partition coefficient (Wildman–Crippen LogP) is 2.94. The fourth-order valence-corrected chi connectivity index (χ4v) is 3.39. The molecule has 0 radical (unpaired) electrons. The van der Waals surface area contributed by atoms with Crippen molar-refractivity contribution in [3.8, 4) is 10.4 Å². The van der Waals surface area contributed by atoms with Gasteiger partial charge in [-0.05, 0) is 36.0 Å². The van der Waals surface area contributed by atoms with Gasteiger partial charge in [0.2, 0.25) is 0 Å². The molecule has 0 spiro atoms. The van der Waals surface area contributed by atoms with Gasteiger partial charge in [-0.2, -0.15) is 5.10 Å². The first kappa shape index (κ1) is 11.8. The lowest BCUT2D eigenvalue weighted by Gasteiger charge is -2.03. The molecule has 0 aliphatic carbocycles. The van der Waals surface area contributed by atoms with Crippen molar-refractivity contribution in [3.05, 3.63) is 27.3 Å². The van der Waals surface area contributed by atoms with E-state index in [1.165, 1.54) is 16.1 Å². The number of aryl methyl sites for hydroxylation is 2. The first-order valence-corrected chi connectivity index (χ1v) is 6.72. The van der Waals surface area contributed by atoms with E-state index in [1.54, 1.807) is 11.3 Å². The van der Waals surface area contributed by atoms with Gasteiger partial charge in [0.05, 0.1) is 11.4 Å². The summed E-state index contributed by atoms with van der Waals surface area (Å²) in [6.45, 7) is 2.89. The predicted molar refractivity (Wildman–Crippen MR) is 71.7 cm³/mol. The third-order valence-corrected chi connectivity index (χ3v) is 4.21. The number of thiophene rings is 1. The summed E-state index contributed by atoms with van der Waals surface area (Å²) in [4.78, 5) is 1.27. The van der Waals surface area contributed by atoms with Crippen LogP contribution in [-0.4, -0.2) is 16.8 Å². The molecule has 0 aliphatic heterocycles. The van der Waals surface area contributed by atoms with Crippen molar-refractivity contribution in [2.24, 2.45) is 7.05 Å². The third kappa shape index (κ3) is 2.07. The van der Waals surface area contributed by atoms with E-state index in [-0.39, 0.29) is 0 Å². The maximum absolute atomic E-state index is 4.48. The van der Waals surface area contributed by atoms with E-state index in [1.807, 2.05) is 18.8 Å². The van der Waals surface area contributed by atoms with Crippen molar-refractivity contribution in [1.29, 1.82) is 0 Å². The van der Waals surface area contributed by atoms with Crippen molar-refractivity contribution in [2.45, 2.75) is 13.5 Å². The van der Waals surface area contributed by atoms with E-state index in [2.05, 4.69) is 44.7 Å². The summed E-state index contributed by atoms with van der Waals surface area (Å²) >= 11 is 5.23. The molecule has 0 aliphatic rings. The number of aromatic nitrogens is 2. The Kier molecular flexibility index (Phi) is 3.47. The molecule has 0 aromatic carbocycles. The summed E-state index contributed by atoms with van der Waals surface area (Å²) in [5, 5.41) is 9.77. The average Bonchev–Trinajstić information content (AvgIpc) is 2.73. The van der Waals surface area contributed by atoms with E-state index < -0.39 is 0 Å². The molecule has 2 aromatic heterocycles. The van der Waals surface area contributed by atoms with Gasteiger partial charge in [0.15, 0.2) is 0 Å². The van der Waals surface area contributed by atoms with E-state index in [9.17, 15) is 0 Å². The molecular weight excluding hydrogens is 286 g/mol. The SMILES string of the molecule is CNCc1c(-c2cc(Br)cs2)c(C)nn1C. The fraction of sp³-hybridized carbons (Fsp3) is 0.364. The Morgan fingerprint density at radius 1 is 1.56 bits per heavy atom. The highest BCUT2D eigenvalue weighted by Gasteiger charge is 2.15. The zero-order chi connectivity index (χ0) is 11.7. The van der Waals surface area contributed by atoms with Crippen molar-refractivity contribution >= 4 is 27.3 Å². The maximum atomic E-state index is 4.48. The van der Waals surface area contributed by atoms with Crippen LogP contribution in [0.15, 0.2) is 15.9 Å². The molecule has 1 N–H and O–H groups in total. The molecule has 0 saturated carbocycles. The van der Waals surface area contributed by atoms with Gasteiger partial charge in [-0.25, -0.2) is 0 Å². The molecule has 2 aromatic rings. The van der Waals surface area contributed by atoms with Gasteiger partial charge in [0.1, 0.15) is 0 Å². The lowest BCUT2D eigenvalue weighted by Crippen LogP contribution is -2.10. The minimum atomic E-state index is 0.836. The molecule has 2 rings (SSSR count). The van der Waals surface area contributed by atoms with Crippen molar-refractivity contribution < 1.29 is 0 Å². The Bertz CT molecular complexity index is 501. The molecule has 0 unspecified atom stereocenters. The first-order valence-electron chi connectivity index (χ1n) is 5.05. The highest BCUT2D eigenvalue weighted by molar-refractivity contribution is 9.10. The van der Waals surface area contributed by atoms with Crippen LogP contribution < -0.4 is 5.32 Å². The lowest BCUT2D eigenvalue weighted by molar-refractivity contribution is 0.669. The summed E-state index contributed by atoms with van der Waals surface area (Å²) in [6, 6.07) is 2.15. The standard InChI is InChI=1S/C11H14BrN3S/c1-7-11(10-4-8(12)6-16-10)9(5-13-2)15(3)14-7/h4,6,13H,5H2,1-3H3. The highest BCUT2D eigenvalue weighted by atomic mass is 79.9. The van der Waals surface area contributed by atoms with E-state index in [4.69, 9.17) is 0 Å². The first-order chi connectivity index (χ1) is 7.63. The number of nitrogens with one attached hydrogen (secondary N) is 1. The van der Waals surface area contributed by atoms with Gasteiger partial charge in [0.25, 0.3) is 0 Å². The minimum absolute atomic E-state index is 0.836. The van der Waals surface area contributed by atoms with Crippen LogP contribution in [0.5, 0.6) is 0 Å². The summed E-state index contributed by atoms with van der Waals surface area (Å²) < 4.78 is 3.08. The molecule has 0 amide bonds. The Labute approximate surface area is 108 Å². The topological polar surface area (TPSA) is 29.9 Å². The number of hydrogen-bond donors (Lipinski definition) is 1. The van der Waals surface area contributed by atoms with Gasteiger partial charge in [0, 0.05) is 33.9 Å². The summed E-state index contributed by atoms with van der Waals surface area (Å²) in [7, 11) is 3.95. The van der Waals surface area contributed by atoms with Crippen LogP contribution in [-0.2, 0) is 13.6 Å². The monoisotopic (exact) mass is 299 g/mol. The zero-order valence-electron chi connectivity index (χ0n) is 9.54. The number of nitrogens with zero attached hydrogens (tertiary/aromatic N) is 2. The minimum Gasteiger partial charge on any atom is -0.314 e. The van der Waals surface area contributed by atoms with Gasteiger partial charge in [-0.1, -0.05) is 0 Å². The fourth-order valence-electron chi connectivity index (χ4n) is 1.84. The van der Waals surface area contributed by atoms with Gasteiger partial charge in [-0.3, -0.25) is 4.68 Å². The number of halogens is 1. The maximum Gasteiger partial charge on any atom is 0.0683 e. The molecule has 0 saturated heterocycles. The lowest BCUT2D eigenvalue weighted by atomic mass is 10.1.